The van der Waals surface area contributed by atoms with Crippen LogP contribution in [0.25, 0.3) is 11.0 Å². The predicted molar refractivity (Wildman–Crippen MR) is 101 cm³/mol. The summed E-state index contributed by atoms with van der Waals surface area (Å²) in [6.45, 7) is 1.52. The van der Waals surface area contributed by atoms with E-state index in [1.54, 1.807) is 21.8 Å². The van der Waals surface area contributed by atoms with Gasteiger partial charge in [-0.15, -0.1) is 5.10 Å². The van der Waals surface area contributed by atoms with Crippen molar-refractivity contribution in [1.29, 1.82) is 0 Å². The zero-order valence-electron chi connectivity index (χ0n) is 15.1. The van der Waals surface area contributed by atoms with Gasteiger partial charge in [0.2, 0.25) is 0 Å². The topological polar surface area (TPSA) is 116 Å². The van der Waals surface area contributed by atoms with Gasteiger partial charge in [-0.25, -0.2) is 19.3 Å². The van der Waals surface area contributed by atoms with Crippen LogP contribution in [0, 0.1) is 0 Å². The molecule has 0 unspecified atom stereocenters. The number of hydrogen-bond acceptors (Lipinski definition) is 8. The Hall–Kier alpha value is -3.37. The van der Waals surface area contributed by atoms with Crippen LogP contribution in [0.1, 0.15) is 11.3 Å². The third-order valence-electron chi connectivity index (χ3n) is 4.20. The first-order valence-corrected chi connectivity index (χ1v) is 8.85. The smallest absolute Gasteiger partial charge is 0.163 e. The summed E-state index contributed by atoms with van der Waals surface area (Å²) in [7, 11) is 0. The lowest BCUT2D eigenvalue weighted by Gasteiger charge is -2.08. The number of nitrogens with zero attached hydrogens (tertiary/aromatic N) is 7. The molecule has 1 aromatic carbocycles. The fourth-order valence-electron chi connectivity index (χ4n) is 2.81. The van der Waals surface area contributed by atoms with Crippen molar-refractivity contribution in [1.82, 2.24) is 34.7 Å². The number of ether oxygens (including phenoxy) is 1. The summed E-state index contributed by atoms with van der Waals surface area (Å²) in [4.78, 5) is 8.73. The minimum absolute atomic E-state index is 0.0382. The summed E-state index contributed by atoms with van der Waals surface area (Å²) in [5.41, 5.74) is 2.70. The molecule has 0 saturated heterocycles. The van der Waals surface area contributed by atoms with E-state index in [1.807, 2.05) is 18.2 Å². The highest BCUT2D eigenvalue weighted by molar-refractivity contribution is 5.86. The molecule has 0 bridgehead atoms. The van der Waals surface area contributed by atoms with Gasteiger partial charge >= 0.3 is 0 Å². The molecule has 0 aliphatic rings. The number of rotatable bonds is 9. The molecule has 4 aromatic rings. The largest absolute Gasteiger partial charge is 0.394 e. The van der Waals surface area contributed by atoms with Gasteiger partial charge in [0.1, 0.15) is 18.9 Å². The molecule has 3 aromatic heterocycles. The Kier molecular flexibility index (Phi) is 5.50. The van der Waals surface area contributed by atoms with Gasteiger partial charge in [0.25, 0.3) is 0 Å². The summed E-state index contributed by atoms with van der Waals surface area (Å²) in [5, 5.41) is 25.4. The number of aromatic nitrogens is 7. The fourth-order valence-corrected chi connectivity index (χ4v) is 2.81. The van der Waals surface area contributed by atoms with Crippen LogP contribution in [0.2, 0.25) is 0 Å². The average molecular weight is 380 g/mol. The Balaban J connectivity index is 1.51. The molecule has 0 aliphatic carbocycles. The third-order valence-corrected chi connectivity index (χ3v) is 4.20. The Labute approximate surface area is 160 Å². The van der Waals surface area contributed by atoms with Crippen molar-refractivity contribution < 1.29 is 9.84 Å². The Morgan fingerprint density at radius 1 is 1.07 bits per heavy atom. The van der Waals surface area contributed by atoms with Crippen molar-refractivity contribution in [3.05, 3.63) is 60.3 Å². The van der Waals surface area contributed by atoms with Crippen molar-refractivity contribution in [2.24, 2.45) is 0 Å². The molecule has 0 atom stereocenters. The molecule has 10 nitrogen and oxygen atoms in total. The van der Waals surface area contributed by atoms with Gasteiger partial charge in [0.05, 0.1) is 43.2 Å². The Morgan fingerprint density at radius 3 is 2.82 bits per heavy atom. The molecule has 4 rings (SSSR count). The molecule has 10 heteroatoms. The lowest BCUT2D eigenvalue weighted by Crippen LogP contribution is -2.13. The zero-order chi connectivity index (χ0) is 19.2. The van der Waals surface area contributed by atoms with Crippen LogP contribution in [0.15, 0.2) is 49.1 Å². The van der Waals surface area contributed by atoms with Crippen LogP contribution >= 0.6 is 0 Å². The molecule has 0 aliphatic heterocycles. The lowest BCUT2D eigenvalue weighted by atomic mass is 10.2. The summed E-state index contributed by atoms with van der Waals surface area (Å²) < 4.78 is 8.71. The van der Waals surface area contributed by atoms with Gasteiger partial charge in [-0.2, -0.15) is 5.10 Å². The van der Waals surface area contributed by atoms with Crippen LogP contribution in [0.4, 0.5) is 5.82 Å². The molecule has 144 valence electrons. The molecule has 28 heavy (non-hydrogen) atoms. The van der Waals surface area contributed by atoms with E-state index in [4.69, 9.17) is 9.84 Å². The minimum Gasteiger partial charge on any atom is -0.394 e. The van der Waals surface area contributed by atoms with Gasteiger partial charge in [-0.1, -0.05) is 35.5 Å². The van der Waals surface area contributed by atoms with Crippen LogP contribution in [0.3, 0.4) is 0 Å². The van der Waals surface area contributed by atoms with Crippen molar-refractivity contribution in [2.45, 2.75) is 19.8 Å². The van der Waals surface area contributed by atoms with E-state index in [2.05, 4.69) is 42.8 Å². The van der Waals surface area contributed by atoms with Gasteiger partial charge in [-0.05, 0) is 5.56 Å². The normalized spacial score (nSPS) is 11.2. The average Bonchev–Trinajstić information content (AvgIpc) is 3.35. The van der Waals surface area contributed by atoms with E-state index in [0.717, 1.165) is 22.5 Å². The molecular formula is C18H20N8O2. The summed E-state index contributed by atoms with van der Waals surface area (Å²) in [5.74, 6) is 0.734. The number of nitrogens with one attached hydrogen (secondary N) is 1. The zero-order valence-corrected chi connectivity index (χ0v) is 15.1. The summed E-state index contributed by atoms with van der Waals surface area (Å²) in [6.07, 6.45) is 4.93. The van der Waals surface area contributed by atoms with Crippen molar-refractivity contribution >= 4 is 16.9 Å². The van der Waals surface area contributed by atoms with E-state index >= 15 is 0 Å². The number of anilines is 1. The first-order valence-electron chi connectivity index (χ1n) is 8.85. The van der Waals surface area contributed by atoms with Gasteiger partial charge in [0, 0.05) is 6.54 Å². The second kappa shape index (κ2) is 8.55. The van der Waals surface area contributed by atoms with E-state index in [1.165, 1.54) is 11.9 Å². The number of benzene rings is 1. The van der Waals surface area contributed by atoms with Crippen LogP contribution in [0.5, 0.6) is 0 Å². The summed E-state index contributed by atoms with van der Waals surface area (Å²) >= 11 is 0. The molecule has 0 amide bonds. The summed E-state index contributed by atoms with van der Waals surface area (Å²) in [6, 6.07) is 10.1. The van der Waals surface area contributed by atoms with Gasteiger partial charge in [0.15, 0.2) is 5.65 Å². The molecular weight excluding hydrogens is 360 g/mol. The minimum atomic E-state index is -0.0382. The van der Waals surface area contributed by atoms with E-state index in [-0.39, 0.29) is 19.9 Å². The Bertz CT molecular complexity index is 1030. The highest BCUT2D eigenvalue weighted by atomic mass is 16.5. The number of fused-ring (bicyclic) bond motifs is 1. The fraction of sp³-hybridized carbons (Fsp3) is 0.278. The predicted octanol–water partition coefficient (Wildman–Crippen LogP) is 1.04. The third kappa shape index (κ3) is 3.97. The second-order valence-corrected chi connectivity index (χ2v) is 6.09. The Morgan fingerprint density at radius 2 is 1.96 bits per heavy atom. The maximum Gasteiger partial charge on any atom is 0.163 e. The first kappa shape index (κ1) is 18.0. The molecule has 0 radical (unpaired) electrons. The first-order chi connectivity index (χ1) is 13.8. The lowest BCUT2D eigenvalue weighted by molar-refractivity contribution is 0.0393. The quantitative estimate of drug-likeness (QED) is 0.414. The van der Waals surface area contributed by atoms with E-state index in [0.29, 0.717) is 13.1 Å². The van der Waals surface area contributed by atoms with Crippen molar-refractivity contribution in [2.75, 3.05) is 18.5 Å². The van der Waals surface area contributed by atoms with Gasteiger partial charge < -0.3 is 15.2 Å². The van der Waals surface area contributed by atoms with E-state index in [9.17, 15) is 0 Å². The van der Waals surface area contributed by atoms with Gasteiger partial charge in [-0.3, -0.25) is 0 Å². The molecule has 2 N–H and O–H groups in total. The van der Waals surface area contributed by atoms with Crippen molar-refractivity contribution in [3.63, 3.8) is 0 Å². The van der Waals surface area contributed by atoms with Crippen LogP contribution in [-0.4, -0.2) is 53.1 Å². The highest BCUT2D eigenvalue weighted by Gasteiger charge is 2.12. The standard InChI is InChI=1S/C18H20N8O2/c27-6-7-28-13-26-15(9-22-24-26)11-25-18-16(10-23-25)17(20-12-21-18)19-8-14-4-2-1-3-5-14/h1-5,9-10,12,27H,6-8,11,13H2,(H,19,20,21). The number of aliphatic hydroxyl groups is 1. The van der Waals surface area contributed by atoms with E-state index < -0.39 is 0 Å². The second-order valence-electron chi connectivity index (χ2n) is 6.09. The maximum atomic E-state index is 8.83. The van der Waals surface area contributed by atoms with Crippen molar-refractivity contribution in [3.8, 4) is 0 Å². The van der Waals surface area contributed by atoms with Crippen LogP contribution in [-0.2, 0) is 24.6 Å². The molecule has 3 heterocycles. The highest BCUT2D eigenvalue weighted by Crippen LogP contribution is 2.20. The van der Waals surface area contributed by atoms with Crippen LogP contribution < -0.4 is 5.32 Å². The molecule has 0 saturated carbocycles. The maximum absolute atomic E-state index is 8.83. The molecule has 0 spiro atoms. The monoisotopic (exact) mass is 380 g/mol. The number of aliphatic hydroxyl groups excluding tert-OH is 1. The number of hydrogen-bond donors (Lipinski definition) is 2. The molecule has 0 fully saturated rings. The SMILES string of the molecule is OCCOCn1nncc1Cn1ncc2c(NCc3ccccc3)ncnc21.